The molecule has 144 valence electrons. The zero-order chi connectivity index (χ0) is 19.8. The van der Waals surface area contributed by atoms with Gasteiger partial charge in [-0.25, -0.2) is 12.4 Å². The average Bonchev–Trinajstić information content (AvgIpc) is 3.12. The molecule has 0 aliphatic carbocycles. The number of rotatable bonds is 4. The van der Waals surface area contributed by atoms with E-state index in [1.807, 2.05) is 6.92 Å². The smallest absolute Gasteiger partial charge is 0.311 e. The predicted octanol–water partition coefficient (Wildman–Crippen LogP) is 2.36. The molecule has 1 aliphatic heterocycles. The standard InChI is InChI=1S/C19H22N2O5S/c1-14-4-6-16(7-5-14)27(25,26)21-11-8-15(12-21)17(22)20-10-3-9-19(2,13-20)18(23)24/h4-8,11-12H,3,9-10,13H2,1-2H3,(H,23,24). The summed E-state index contributed by atoms with van der Waals surface area (Å²) in [5.41, 5.74) is 0.189. The molecule has 3 rings (SSSR count). The van der Waals surface area contributed by atoms with Gasteiger partial charge in [-0.15, -0.1) is 0 Å². The number of nitrogens with zero attached hydrogens (tertiary/aromatic N) is 2. The van der Waals surface area contributed by atoms with Crippen molar-refractivity contribution in [2.24, 2.45) is 5.41 Å². The lowest BCUT2D eigenvalue weighted by Gasteiger charge is -2.37. The van der Waals surface area contributed by atoms with Gasteiger partial charge in [-0.1, -0.05) is 17.7 Å². The number of carboxylic acid groups (broad SMARTS) is 1. The fraction of sp³-hybridized carbons (Fsp3) is 0.368. The summed E-state index contributed by atoms with van der Waals surface area (Å²) >= 11 is 0. The van der Waals surface area contributed by atoms with E-state index < -0.39 is 21.4 Å². The van der Waals surface area contributed by atoms with E-state index in [0.717, 1.165) is 9.54 Å². The molecule has 1 amide bonds. The zero-order valence-electron chi connectivity index (χ0n) is 15.3. The Morgan fingerprint density at radius 3 is 2.44 bits per heavy atom. The van der Waals surface area contributed by atoms with Crippen molar-refractivity contribution in [3.8, 4) is 0 Å². The van der Waals surface area contributed by atoms with Crippen molar-refractivity contribution in [1.29, 1.82) is 0 Å². The lowest BCUT2D eigenvalue weighted by atomic mass is 9.82. The molecule has 1 N–H and O–H groups in total. The summed E-state index contributed by atoms with van der Waals surface area (Å²) in [5.74, 6) is -1.29. The minimum absolute atomic E-state index is 0.108. The van der Waals surface area contributed by atoms with Gasteiger partial charge in [0.2, 0.25) is 0 Å². The molecule has 0 spiro atoms. The number of amides is 1. The molecule has 2 heterocycles. The van der Waals surface area contributed by atoms with Crippen molar-refractivity contribution >= 4 is 21.9 Å². The predicted molar refractivity (Wildman–Crippen MR) is 99.1 cm³/mol. The third-order valence-electron chi connectivity index (χ3n) is 5.01. The van der Waals surface area contributed by atoms with Crippen molar-refractivity contribution in [2.75, 3.05) is 13.1 Å². The molecule has 1 fully saturated rings. The average molecular weight is 390 g/mol. The molecular formula is C19H22N2O5S. The molecule has 0 bridgehead atoms. The Kier molecular flexibility index (Phi) is 4.86. The molecule has 27 heavy (non-hydrogen) atoms. The second-order valence-electron chi connectivity index (χ2n) is 7.24. The lowest BCUT2D eigenvalue weighted by molar-refractivity contribution is -0.150. The Morgan fingerprint density at radius 1 is 1.15 bits per heavy atom. The van der Waals surface area contributed by atoms with E-state index in [0.29, 0.717) is 19.4 Å². The number of piperidine rings is 1. The number of carboxylic acids is 1. The van der Waals surface area contributed by atoms with Crippen LogP contribution in [-0.2, 0) is 14.8 Å². The number of carbonyl (C=O) groups excluding carboxylic acids is 1. The summed E-state index contributed by atoms with van der Waals surface area (Å²) in [7, 11) is -3.78. The second-order valence-corrected chi connectivity index (χ2v) is 9.09. The van der Waals surface area contributed by atoms with Crippen molar-refractivity contribution < 1.29 is 23.1 Å². The number of aliphatic carboxylic acids is 1. The van der Waals surface area contributed by atoms with Gasteiger partial charge < -0.3 is 10.0 Å². The van der Waals surface area contributed by atoms with Crippen LogP contribution in [0.15, 0.2) is 47.6 Å². The lowest BCUT2D eigenvalue weighted by Crippen LogP contribution is -2.48. The van der Waals surface area contributed by atoms with Gasteiger partial charge in [-0.05, 0) is 44.9 Å². The van der Waals surface area contributed by atoms with Crippen molar-refractivity contribution in [3.63, 3.8) is 0 Å². The molecular weight excluding hydrogens is 368 g/mol. The van der Waals surface area contributed by atoms with E-state index in [4.69, 9.17) is 0 Å². The quantitative estimate of drug-likeness (QED) is 0.864. The van der Waals surface area contributed by atoms with E-state index in [2.05, 4.69) is 0 Å². The fourth-order valence-corrected chi connectivity index (χ4v) is 4.45. The molecule has 0 saturated carbocycles. The summed E-state index contributed by atoms with van der Waals surface area (Å²) in [6.07, 6.45) is 3.72. The summed E-state index contributed by atoms with van der Waals surface area (Å²) in [6, 6.07) is 7.91. The van der Waals surface area contributed by atoms with Gasteiger partial charge in [-0.2, -0.15) is 0 Å². The van der Waals surface area contributed by atoms with Crippen LogP contribution < -0.4 is 0 Å². The first-order valence-corrected chi connectivity index (χ1v) is 10.1. The first-order valence-electron chi connectivity index (χ1n) is 8.66. The number of hydrogen-bond acceptors (Lipinski definition) is 4. The van der Waals surface area contributed by atoms with E-state index in [-0.39, 0.29) is 22.9 Å². The second kappa shape index (κ2) is 6.84. The number of carbonyl (C=O) groups is 2. The Morgan fingerprint density at radius 2 is 1.81 bits per heavy atom. The van der Waals surface area contributed by atoms with Crippen LogP contribution >= 0.6 is 0 Å². The molecule has 1 saturated heterocycles. The van der Waals surface area contributed by atoms with Crippen molar-refractivity contribution in [3.05, 3.63) is 53.9 Å². The topological polar surface area (TPSA) is 96.7 Å². The molecule has 1 atom stereocenters. The molecule has 1 unspecified atom stereocenters. The zero-order valence-corrected chi connectivity index (χ0v) is 16.1. The van der Waals surface area contributed by atoms with Crippen LogP contribution in [0, 0.1) is 12.3 Å². The molecule has 1 aromatic heterocycles. The van der Waals surface area contributed by atoms with E-state index in [9.17, 15) is 23.1 Å². The minimum Gasteiger partial charge on any atom is -0.481 e. The van der Waals surface area contributed by atoms with Crippen LogP contribution in [0.25, 0.3) is 0 Å². The molecule has 0 radical (unpaired) electrons. The van der Waals surface area contributed by atoms with Crippen LogP contribution in [0.4, 0.5) is 0 Å². The van der Waals surface area contributed by atoms with Gasteiger partial charge >= 0.3 is 5.97 Å². The maximum absolute atomic E-state index is 12.8. The first kappa shape index (κ1) is 19.2. The molecule has 1 aromatic carbocycles. The number of likely N-dealkylation sites (tertiary alicyclic amines) is 1. The summed E-state index contributed by atoms with van der Waals surface area (Å²) in [4.78, 5) is 25.9. The SMILES string of the molecule is Cc1ccc(S(=O)(=O)n2ccc(C(=O)N3CCCC(C)(C(=O)O)C3)c2)cc1. The van der Waals surface area contributed by atoms with Crippen molar-refractivity contribution in [1.82, 2.24) is 8.87 Å². The third kappa shape index (κ3) is 3.62. The maximum atomic E-state index is 12.8. The summed E-state index contributed by atoms with van der Waals surface area (Å²) in [5, 5.41) is 9.40. The van der Waals surface area contributed by atoms with Gasteiger partial charge in [0.25, 0.3) is 15.9 Å². The van der Waals surface area contributed by atoms with Crippen molar-refractivity contribution in [2.45, 2.75) is 31.6 Å². The first-order chi connectivity index (χ1) is 12.6. The summed E-state index contributed by atoms with van der Waals surface area (Å²) < 4.78 is 26.4. The number of aryl methyl sites for hydroxylation is 1. The Hall–Kier alpha value is -2.61. The highest BCUT2D eigenvalue weighted by atomic mass is 32.2. The van der Waals surface area contributed by atoms with Gasteiger partial charge in [0.05, 0.1) is 15.9 Å². The molecule has 8 heteroatoms. The van der Waals surface area contributed by atoms with Gasteiger partial charge in [-0.3, -0.25) is 9.59 Å². The minimum atomic E-state index is -3.78. The summed E-state index contributed by atoms with van der Waals surface area (Å²) in [6.45, 7) is 4.06. The Balaban J connectivity index is 1.84. The molecule has 2 aromatic rings. The van der Waals surface area contributed by atoms with Crippen LogP contribution in [0.2, 0.25) is 0 Å². The highest BCUT2D eigenvalue weighted by Gasteiger charge is 2.39. The molecule has 1 aliphatic rings. The highest BCUT2D eigenvalue weighted by Crippen LogP contribution is 2.30. The van der Waals surface area contributed by atoms with Crippen LogP contribution in [0.3, 0.4) is 0 Å². The van der Waals surface area contributed by atoms with E-state index >= 15 is 0 Å². The van der Waals surface area contributed by atoms with Gasteiger partial charge in [0.1, 0.15) is 0 Å². The fourth-order valence-electron chi connectivity index (χ4n) is 3.25. The van der Waals surface area contributed by atoms with Crippen LogP contribution in [0.5, 0.6) is 0 Å². The number of hydrogen-bond donors (Lipinski definition) is 1. The third-order valence-corrected chi connectivity index (χ3v) is 6.66. The molecule has 7 nitrogen and oxygen atoms in total. The van der Waals surface area contributed by atoms with E-state index in [1.54, 1.807) is 19.1 Å². The van der Waals surface area contributed by atoms with Crippen LogP contribution in [0.1, 0.15) is 35.7 Å². The Bertz CT molecular complexity index is 978. The largest absolute Gasteiger partial charge is 0.481 e. The number of aromatic nitrogens is 1. The Labute approximate surface area is 158 Å². The maximum Gasteiger partial charge on any atom is 0.311 e. The van der Waals surface area contributed by atoms with Crippen LogP contribution in [-0.4, -0.2) is 47.4 Å². The highest BCUT2D eigenvalue weighted by molar-refractivity contribution is 7.90. The monoisotopic (exact) mass is 390 g/mol. The number of benzene rings is 1. The van der Waals surface area contributed by atoms with Gasteiger partial charge in [0, 0.05) is 25.5 Å². The van der Waals surface area contributed by atoms with Gasteiger partial charge in [0.15, 0.2) is 0 Å². The van der Waals surface area contributed by atoms with E-state index in [1.165, 1.54) is 35.5 Å². The normalized spacial score (nSPS) is 20.4.